The zero-order valence-electron chi connectivity index (χ0n) is 16.6. The van der Waals surface area contributed by atoms with Gasteiger partial charge in [-0.05, 0) is 32.6 Å². The molecule has 0 saturated carbocycles. The third-order valence-electron chi connectivity index (χ3n) is 5.81. The maximum Gasteiger partial charge on any atom is 0.272 e. The number of nitrogens with zero attached hydrogens (tertiary/aromatic N) is 3. The lowest BCUT2D eigenvalue weighted by Crippen LogP contribution is -2.33. The smallest absolute Gasteiger partial charge is 0.272 e. The van der Waals surface area contributed by atoms with E-state index in [0.29, 0.717) is 25.3 Å². The molecule has 28 heavy (non-hydrogen) atoms. The van der Waals surface area contributed by atoms with Gasteiger partial charge in [0.05, 0.1) is 18.4 Å². The lowest BCUT2D eigenvalue weighted by Gasteiger charge is -2.17. The molecule has 1 N–H and O–H groups in total. The van der Waals surface area contributed by atoms with Gasteiger partial charge in [-0.25, -0.2) is 9.50 Å². The van der Waals surface area contributed by atoms with Crippen molar-refractivity contribution in [1.82, 2.24) is 19.5 Å². The minimum atomic E-state index is -0.104. The second-order valence-corrected chi connectivity index (χ2v) is 7.72. The van der Waals surface area contributed by atoms with Gasteiger partial charge in [0.15, 0.2) is 5.65 Å². The third-order valence-corrected chi connectivity index (χ3v) is 5.81. The van der Waals surface area contributed by atoms with Gasteiger partial charge in [-0.2, -0.15) is 0 Å². The normalized spacial score (nSPS) is 22.4. The Labute approximate surface area is 163 Å². The van der Waals surface area contributed by atoms with Crippen molar-refractivity contribution in [3.8, 4) is 0 Å². The fourth-order valence-corrected chi connectivity index (χ4v) is 4.22. The van der Waals surface area contributed by atoms with E-state index in [1.54, 1.807) is 6.07 Å². The molecule has 0 unspecified atom stereocenters. The second kappa shape index (κ2) is 8.05. The Morgan fingerprint density at radius 3 is 3.04 bits per heavy atom. The zero-order valence-corrected chi connectivity index (χ0v) is 16.6. The molecule has 0 radical (unpaired) electrons. The van der Waals surface area contributed by atoms with Gasteiger partial charge in [0, 0.05) is 42.9 Å². The van der Waals surface area contributed by atoms with Crippen molar-refractivity contribution >= 4 is 11.6 Å². The third kappa shape index (κ3) is 3.71. The molecule has 8 nitrogen and oxygen atoms in total. The van der Waals surface area contributed by atoms with E-state index >= 15 is 0 Å². The number of likely N-dealkylation sites (tertiary alicyclic amines) is 1. The molecule has 2 fully saturated rings. The van der Waals surface area contributed by atoms with Crippen molar-refractivity contribution < 1.29 is 14.3 Å². The number of aromatic nitrogens is 3. The molecule has 2 aromatic heterocycles. The Balaban J connectivity index is 1.40. The van der Waals surface area contributed by atoms with Crippen molar-refractivity contribution in [2.75, 3.05) is 32.9 Å². The summed E-state index contributed by atoms with van der Waals surface area (Å²) in [6, 6.07) is 1.59. The topological polar surface area (TPSA) is 88.9 Å². The molecule has 8 heteroatoms. The van der Waals surface area contributed by atoms with E-state index in [1.165, 1.54) is 4.52 Å². The monoisotopic (exact) mass is 388 g/mol. The van der Waals surface area contributed by atoms with E-state index in [0.717, 1.165) is 49.2 Å². The Kier molecular flexibility index (Phi) is 5.50. The van der Waals surface area contributed by atoms with Crippen LogP contribution in [0, 0.1) is 6.92 Å². The van der Waals surface area contributed by atoms with Gasteiger partial charge < -0.3 is 14.4 Å². The van der Waals surface area contributed by atoms with Crippen LogP contribution in [0.1, 0.15) is 49.1 Å². The first kappa shape index (κ1) is 19.1. The highest BCUT2D eigenvalue weighted by Crippen LogP contribution is 2.26. The number of hydrogen-bond donors (Lipinski definition) is 1. The molecule has 0 spiro atoms. The first-order valence-electron chi connectivity index (χ1n) is 10.1. The van der Waals surface area contributed by atoms with Gasteiger partial charge in [-0.15, -0.1) is 0 Å². The number of carbonyl (C=O) groups excluding carboxylic acids is 1. The minimum absolute atomic E-state index is 0.00923. The van der Waals surface area contributed by atoms with Crippen LogP contribution in [-0.2, 0) is 20.7 Å². The number of aryl methyl sites for hydroxylation is 2. The number of H-pyrrole nitrogens is 1. The van der Waals surface area contributed by atoms with E-state index in [1.807, 2.05) is 11.8 Å². The summed E-state index contributed by atoms with van der Waals surface area (Å²) in [5.41, 5.74) is 3.40. The SMILES string of the molecule is CCc1c(C)[nH]n2c(=O)cc([C@@H]3CCN(C(=O)COC[C@H]4CCCO4)C3)nc12. The molecule has 2 aliphatic heterocycles. The molecular weight excluding hydrogens is 360 g/mol. The number of amides is 1. The summed E-state index contributed by atoms with van der Waals surface area (Å²) < 4.78 is 12.6. The number of nitrogens with one attached hydrogen (secondary N) is 1. The second-order valence-electron chi connectivity index (χ2n) is 7.72. The van der Waals surface area contributed by atoms with Crippen molar-refractivity contribution in [3.05, 3.63) is 33.4 Å². The number of hydrogen-bond acceptors (Lipinski definition) is 5. The number of carbonyl (C=O) groups is 1. The molecule has 4 rings (SSSR count). The number of aromatic amines is 1. The molecule has 0 aromatic carbocycles. The highest BCUT2D eigenvalue weighted by atomic mass is 16.5. The van der Waals surface area contributed by atoms with Crippen molar-refractivity contribution in [2.24, 2.45) is 0 Å². The fraction of sp³-hybridized carbons (Fsp3) is 0.650. The fourth-order valence-electron chi connectivity index (χ4n) is 4.22. The first-order chi connectivity index (χ1) is 13.6. The predicted molar refractivity (Wildman–Crippen MR) is 104 cm³/mol. The Morgan fingerprint density at radius 2 is 2.29 bits per heavy atom. The molecule has 0 aliphatic carbocycles. The molecular formula is C20H28N4O4. The van der Waals surface area contributed by atoms with E-state index < -0.39 is 0 Å². The van der Waals surface area contributed by atoms with Crippen molar-refractivity contribution in [2.45, 2.75) is 51.6 Å². The van der Waals surface area contributed by atoms with Gasteiger partial charge in [-0.1, -0.05) is 6.92 Å². The highest BCUT2D eigenvalue weighted by Gasteiger charge is 2.29. The lowest BCUT2D eigenvalue weighted by molar-refractivity contribution is -0.136. The van der Waals surface area contributed by atoms with Crippen molar-refractivity contribution in [3.63, 3.8) is 0 Å². The summed E-state index contributed by atoms with van der Waals surface area (Å²) in [5.74, 6) is 0.0739. The molecule has 0 bridgehead atoms. The zero-order chi connectivity index (χ0) is 19.7. The van der Waals surface area contributed by atoms with Crippen LogP contribution in [-0.4, -0.2) is 64.4 Å². The molecule has 1 amide bonds. The summed E-state index contributed by atoms with van der Waals surface area (Å²) >= 11 is 0. The van der Waals surface area contributed by atoms with Crippen LogP contribution < -0.4 is 5.56 Å². The summed E-state index contributed by atoms with van der Waals surface area (Å²) in [5, 5.41) is 3.09. The van der Waals surface area contributed by atoms with Crippen LogP contribution in [0.2, 0.25) is 0 Å². The molecule has 2 saturated heterocycles. The van der Waals surface area contributed by atoms with E-state index in [-0.39, 0.29) is 30.1 Å². The van der Waals surface area contributed by atoms with Crippen LogP contribution in [0.3, 0.4) is 0 Å². The summed E-state index contributed by atoms with van der Waals surface area (Å²) in [6.07, 6.45) is 3.81. The number of ether oxygens (including phenoxy) is 2. The van der Waals surface area contributed by atoms with Crippen LogP contribution >= 0.6 is 0 Å². The standard InChI is InChI=1S/C20H28N4O4/c1-3-16-13(2)22-24-18(25)9-17(21-20(16)24)14-6-7-23(10-14)19(26)12-27-11-15-5-4-8-28-15/h9,14-15,22H,3-8,10-12H2,1-2H3/t14-,15-/m1/s1. The quantitative estimate of drug-likeness (QED) is 0.808. The van der Waals surface area contributed by atoms with Crippen LogP contribution in [0.5, 0.6) is 0 Å². The molecule has 152 valence electrons. The summed E-state index contributed by atoms with van der Waals surface area (Å²) in [7, 11) is 0. The Morgan fingerprint density at radius 1 is 1.43 bits per heavy atom. The van der Waals surface area contributed by atoms with Crippen LogP contribution in [0.25, 0.3) is 5.65 Å². The maximum atomic E-state index is 12.5. The predicted octanol–water partition coefficient (Wildman–Crippen LogP) is 1.40. The Hall–Kier alpha value is -2.19. The van der Waals surface area contributed by atoms with E-state index in [2.05, 4.69) is 12.0 Å². The lowest BCUT2D eigenvalue weighted by atomic mass is 10.0. The molecule has 4 heterocycles. The van der Waals surface area contributed by atoms with E-state index in [9.17, 15) is 9.59 Å². The average Bonchev–Trinajstić information content (AvgIpc) is 3.41. The van der Waals surface area contributed by atoms with Crippen LogP contribution in [0.4, 0.5) is 0 Å². The van der Waals surface area contributed by atoms with Gasteiger partial charge >= 0.3 is 0 Å². The van der Waals surface area contributed by atoms with E-state index in [4.69, 9.17) is 14.5 Å². The molecule has 2 aliphatic rings. The average molecular weight is 388 g/mol. The largest absolute Gasteiger partial charge is 0.376 e. The van der Waals surface area contributed by atoms with Gasteiger partial charge in [0.1, 0.15) is 6.61 Å². The van der Waals surface area contributed by atoms with Crippen LogP contribution in [0.15, 0.2) is 10.9 Å². The highest BCUT2D eigenvalue weighted by molar-refractivity contribution is 5.77. The van der Waals surface area contributed by atoms with Gasteiger partial charge in [-0.3, -0.25) is 14.7 Å². The molecule has 2 atom stereocenters. The Bertz CT molecular complexity index is 913. The number of rotatable bonds is 6. The summed E-state index contributed by atoms with van der Waals surface area (Å²) in [6.45, 7) is 6.61. The van der Waals surface area contributed by atoms with Crippen molar-refractivity contribution in [1.29, 1.82) is 0 Å². The number of fused-ring (bicyclic) bond motifs is 1. The summed E-state index contributed by atoms with van der Waals surface area (Å²) in [4.78, 5) is 31.5. The minimum Gasteiger partial charge on any atom is -0.376 e. The molecule has 2 aromatic rings. The maximum absolute atomic E-state index is 12.5. The van der Waals surface area contributed by atoms with Gasteiger partial charge in [0.2, 0.25) is 5.91 Å². The first-order valence-corrected chi connectivity index (χ1v) is 10.1. The van der Waals surface area contributed by atoms with Gasteiger partial charge in [0.25, 0.3) is 5.56 Å².